The molecule has 0 aliphatic carbocycles. The Morgan fingerprint density at radius 1 is 1.22 bits per heavy atom. The maximum absolute atomic E-state index is 5.61. The van der Waals surface area contributed by atoms with Gasteiger partial charge in [-0.05, 0) is 12.8 Å². The van der Waals surface area contributed by atoms with Crippen molar-refractivity contribution in [2.75, 3.05) is 41.0 Å². The van der Waals surface area contributed by atoms with Gasteiger partial charge in [-0.2, -0.15) is 0 Å². The van der Waals surface area contributed by atoms with Crippen LogP contribution in [0.25, 0.3) is 0 Å². The van der Waals surface area contributed by atoms with E-state index in [1.54, 1.807) is 21.3 Å². The van der Waals surface area contributed by atoms with Crippen molar-refractivity contribution >= 4 is 15.1 Å². The highest BCUT2D eigenvalue weighted by Crippen LogP contribution is 2.32. The van der Waals surface area contributed by atoms with Gasteiger partial charge in [0.2, 0.25) is 0 Å². The fourth-order valence-corrected chi connectivity index (χ4v) is 5.13. The summed E-state index contributed by atoms with van der Waals surface area (Å²) in [5.41, 5.74) is 0.358. The number of hydrogen-bond donors (Lipinski definition) is 0. The zero-order valence-corrected chi connectivity index (χ0v) is 13.0. The first-order valence-corrected chi connectivity index (χ1v) is 8.42. The summed E-state index contributed by atoms with van der Waals surface area (Å²) < 4.78 is 16.8. The number of rotatable bonds is 9. The molecule has 0 aromatic heterocycles. The summed E-state index contributed by atoms with van der Waals surface area (Å²) in [6.07, 6.45) is 5.16. The molecule has 1 atom stereocenters. The van der Waals surface area contributed by atoms with Crippen molar-refractivity contribution in [1.29, 1.82) is 0 Å². The highest BCUT2D eigenvalue weighted by molar-refractivity contribution is 6.62. The second-order valence-electron chi connectivity index (χ2n) is 4.55. The molecule has 1 heterocycles. The molecule has 0 fully saturated rings. The van der Waals surface area contributed by atoms with Gasteiger partial charge in [0, 0.05) is 40.0 Å². The topological polar surface area (TPSA) is 43.3 Å². The Balaban J connectivity index is 2.58. The molecule has 6 heteroatoms. The zero-order chi connectivity index (χ0) is 13.4. The van der Waals surface area contributed by atoms with Gasteiger partial charge < -0.3 is 18.2 Å². The molecule has 1 unspecified atom stereocenters. The first kappa shape index (κ1) is 15.6. The van der Waals surface area contributed by atoms with Crippen LogP contribution in [-0.4, -0.2) is 61.0 Å². The lowest BCUT2D eigenvalue weighted by atomic mass is 10.2. The molecule has 1 rings (SSSR count). The van der Waals surface area contributed by atoms with Gasteiger partial charge in [0.25, 0.3) is 0 Å². The zero-order valence-electron chi connectivity index (χ0n) is 12.0. The minimum absolute atomic E-state index is 0.358. The third-order valence-corrected chi connectivity index (χ3v) is 6.80. The van der Waals surface area contributed by atoms with Gasteiger partial charge in [0.15, 0.2) is 0 Å². The molecule has 0 N–H and O–H groups in total. The number of nitrogens with zero attached hydrogens (tertiary/aromatic N) is 2. The second kappa shape index (κ2) is 7.88. The van der Waals surface area contributed by atoms with Crippen molar-refractivity contribution in [1.82, 2.24) is 4.90 Å². The summed E-state index contributed by atoms with van der Waals surface area (Å²) in [5.74, 6) is 0. The molecule has 0 radical (unpaired) electrons. The summed E-state index contributed by atoms with van der Waals surface area (Å²) in [5, 5.41) is 0. The van der Waals surface area contributed by atoms with E-state index in [2.05, 4.69) is 16.8 Å². The molecule has 5 nitrogen and oxygen atoms in total. The minimum Gasteiger partial charge on any atom is -0.377 e. The molecule has 0 saturated carbocycles. The smallest absolute Gasteiger partial charge is 0.377 e. The summed E-state index contributed by atoms with van der Waals surface area (Å²) in [6.45, 7) is 5.13. The van der Waals surface area contributed by atoms with Crippen molar-refractivity contribution in [3.05, 3.63) is 0 Å². The van der Waals surface area contributed by atoms with Crippen LogP contribution in [0.4, 0.5) is 0 Å². The maximum Gasteiger partial charge on any atom is 0.503 e. The Hall–Kier alpha value is -0.433. The maximum atomic E-state index is 5.61. The standard InChI is InChI=1S/C12H26N2O3Si/c1-5-6-12(18(15-2,16-3)17-4)7-9-14-10-8-13-11-14/h11-12H,5-10H2,1-4H3. The van der Waals surface area contributed by atoms with E-state index in [4.69, 9.17) is 13.3 Å². The third-order valence-electron chi connectivity index (χ3n) is 3.52. The SMILES string of the molecule is CCCC(CCN1C=NCC1)[Si](OC)(OC)OC. The molecular formula is C12H26N2O3Si. The highest BCUT2D eigenvalue weighted by atomic mass is 28.4. The molecule has 0 aromatic carbocycles. The predicted octanol–water partition coefficient (Wildman–Crippen LogP) is 1.77. The van der Waals surface area contributed by atoms with E-state index in [9.17, 15) is 0 Å². The lowest BCUT2D eigenvalue weighted by Crippen LogP contribution is -2.48. The van der Waals surface area contributed by atoms with Crippen molar-refractivity contribution < 1.29 is 13.3 Å². The Morgan fingerprint density at radius 2 is 1.89 bits per heavy atom. The van der Waals surface area contributed by atoms with Gasteiger partial charge in [-0.1, -0.05) is 13.3 Å². The van der Waals surface area contributed by atoms with Crippen molar-refractivity contribution in [2.24, 2.45) is 4.99 Å². The molecular weight excluding hydrogens is 248 g/mol. The number of aliphatic imine (C=N–C) groups is 1. The molecule has 106 valence electrons. The van der Waals surface area contributed by atoms with Crippen LogP contribution in [0.2, 0.25) is 5.54 Å². The van der Waals surface area contributed by atoms with Crippen LogP contribution >= 0.6 is 0 Å². The summed E-state index contributed by atoms with van der Waals surface area (Å²) in [4.78, 5) is 6.48. The Bertz CT molecular complexity index is 251. The quantitative estimate of drug-likeness (QED) is 0.601. The van der Waals surface area contributed by atoms with Crippen molar-refractivity contribution in [2.45, 2.75) is 31.7 Å². The van der Waals surface area contributed by atoms with Gasteiger partial charge in [0.1, 0.15) is 0 Å². The molecule has 0 amide bonds. The molecule has 0 aromatic rings. The minimum atomic E-state index is -2.51. The van der Waals surface area contributed by atoms with E-state index in [1.807, 2.05) is 6.34 Å². The Labute approximate surface area is 111 Å². The number of hydrogen-bond acceptors (Lipinski definition) is 5. The monoisotopic (exact) mass is 274 g/mol. The molecule has 0 spiro atoms. The van der Waals surface area contributed by atoms with Gasteiger partial charge in [-0.3, -0.25) is 4.99 Å². The van der Waals surface area contributed by atoms with Gasteiger partial charge in [-0.15, -0.1) is 0 Å². The molecule has 0 saturated heterocycles. The van der Waals surface area contributed by atoms with Crippen LogP contribution < -0.4 is 0 Å². The van der Waals surface area contributed by atoms with Gasteiger partial charge in [0.05, 0.1) is 12.9 Å². The summed E-state index contributed by atoms with van der Waals surface area (Å²) in [7, 11) is 2.57. The third kappa shape index (κ3) is 3.78. The molecule has 1 aliphatic heterocycles. The molecule has 18 heavy (non-hydrogen) atoms. The lowest BCUT2D eigenvalue weighted by molar-refractivity contribution is 0.107. The average molecular weight is 274 g/mol. The fourth-order valence-electron chi connectivity index (χ4n) is 2.50. The predicted molar refractivity (Wildman–Crippen MR) is 75.0 cm³/mol. The van der Waals surface area contributed by atoms with Crippen LogP contribution in [0.1, 0.15) is 26.2 Å². The molecule has 0 bridgehead atoms. The lowest BCUT2D eigenvalue weighted by Gasteiger charge is -2.33. The van der Waals surface area contributed by atoms with E-state index in [0.29, 0.717) is 5.54 Å². The van der Waals surface area contributed by atoms with Crippen LogP contribution in [0.15, 0.2) is 4.99 Å². The Morgan fingerprint density at radius 3 is 2.33 bits per heavy atom. The first-order valence-electron chi connectivity index (χ1n) is 6.61. The van der Waals surface area contributed by atoms with Gasteiger partial charge >= 0.3 is 8.80 Å². The van der Waals surface area contributed by atoms with Crippen molar-refractivity contribution in [3.8, 4) is 0 Å². The fraction of sp³-hybridized carbons (Fsp3) is 0.917. The second-order valence-corrected chi connectivity index (χ2v) is 7.80. The summed E-state index contributed by atoms with van der Waals surface area (Å²) in [6, 6.07) is 0. The van der Waals surface area contributed by atoms with Crippen LogP contribution in [-0.2, 0) is 13.3 Å². The van der Waals surface area contributed by atoms with Crippen LogP contribution in [0.3, 0.4) is 0 Å². The van der Waals surface area contributed by atoms with E-state index < -0.39 is 8.80 Å². The van der Waals surface area contributed by atoms with Crippen molar-refractivity contribution in [3.63, 3.8) is 0 Å². The summed E-state index contributed by atoms with van der Waals surface area (Å²) >= 11 is 0. The van der Waals surface area contributed by atoms with E-state index in [1.165, 1.54) is 0 Å². The van der Waals surface area contributed by atoms with Crippen LogP contribution in [0, 0.1) is 0 Å². The average Bonchev–Trinajstić information content (AvgIpc) is 2.91. The van der Waals surface area contributed by atoms with Crippen LogP contribution in [0.5, 0.6) is 0 Å². The van der Waals surface area contributed by atoms with E-state index in [0.717, 1.165) is 38.9 Å². The van der Waals surface area contributed by atoms with Gasteiger partial charge in [-0.25, -0.2) is 0 Å². The first-order chi connectivity index (χ1) is 8.72. The normalized spacial score (nSPS) is 17.4. The molecule has 1 aliphatic rings. The van der Waals surface area contributed by atoms with E-state index >= 15 is 0 Å². The Kier molecular flexibility index (Phi) is 6.84. The van der Waals surface area contributed by atoms with E-state index in [-0.39, 0.29) is 0 Å². The largest absolute Gasteiger partial charge is 0.503 e. The highest BCUT2D eigenvalue weighted by Gasteiger charge is 2.46.